The van der Waals surface area contributed by atoms with Crippen LogP contribution < -0.4 is 14.8 Å². The third-order valence-electron chi connectivity index (χ3n) is 7.42. The van der Waals surface area contributed by atoms with Gasteiger partial charge in [-0.1, -0.05) is 42.5 Å². The number of nitrogens with zero attached hydrogens (tertiary/aromatic N) is 2. The first-order valence-electron chi connectivity index (χ1n) is 12.3. The molecule has 2 atom stereocenters. The second-order valence-corrected chi connectivity index (χ2v) is 9.66. The molecule has 0 radical (unpaired) electrons. The molecule has 0 aliphatic carbocycles. The number of urea groups is 1. The minimum absolute atomic E-state index is 0.138. The summed E-state index contributed by atoms with van der Waals surface area (Å²) in [6.45, 7) is 2.98. The highest BCUT2D eigenvalue weighted by Gasteiger charge is 2.50. The smallest absolute Gasteiger partial charge is 0.325 e. The van der Waals surface area contributed by atoms with Crippen LogP contribution in [0.5, 0.6) is 11.5 Å². The van der Waals surface area contributed by atoms with E-state index in [1.54, 1.807) is 11.8 Å². The largest absolute Gasteiger partial charge is 0.486 e. The maximum Gasteiger partial charge on any atom is 0.325 e. The van der Waals surface area contributed by atoms with Gasteiger partial charge in [-0.05, 0) is 59.9 Å². The number of hydrogen-bond acceptors (Lipinski definition) is 5. The monoisotopic (exact) mass is 485 g/mol. The predicted molar refractivity (Wildman–Crippen MR) is 133 cm³/mol. The molecular weight excluding hydrogens is 458 g/mol. The van der Waals surface area contributed by atoms with Crippen molar-refractivity contribution in [1.82, 2.24) is 15.1 Å². The van der Waals surface area contributed by atoms with E-state index in [-0.39, 0.29) is 18.5 Å². The van der Waals surface area contributed by atoms with E-state index in [1.165, 1.54) is 0 Å². The average molecular weight is 486 g/mol. The topological polar surface area (TPSA) is 88.2 Å². The van der Waals surface area contributed by atoms with E-state index >= 15 is 0 Å². The number of rotatable bonds is 4. The SMILES string of the molecule is C[C@]1(c2ccc3ccccc3c2)NC(=O)N(CC(=O)N2CCC[C@H]2c2ccc3c(c2)OCCO3)C1=O. The van der Waals surface area contributed by atoms with Crippen molar-refractivity contribution in [2.75, 3.05) is 26.3 Å². The number of likely N-dealkylation sites (tertiary alicyclic amines) is 1. The minimum Gasteiger partial charge on any atom is -0.486 e. The van der Waals surface area contributed by atoms with Crippen molar-refractivity contribution >= 4 is 28.6 Å². The zero-order valence-corrected chi connectivity index (χ0v) is 20.0. The highest BCUT2D eigenvalue weighted by molar-refractivity contribution is 6.09. The van der Waals surface area contributed by atoms with Crippen LogP contribution in [0, 0.1) is 0 Å². The Labute approximate surface area is 208 Å². The van der Waals surface area contributed by atoms with Gasteiger partial charge in [0.15, 0.2) is 11.5 Å². The molecule has 6 rings (SSSR count). The summed E-state index contributed by atoms with van der Waals surface area (Å²) in [6.07, 6.45) is 1.65. The van der Waals surface area contributed by atoms with Crippen molar-refractivity contribution in [3.63, 3.8) is 0 Å². The molecule has 2 saturated heterocycles. The van der Waals surface area contributed by atoms with Gasteiger partial charge in [0, 0.05) is 6.54 Å². The van der Waals surface area contributed by atoms with Crippen molar-refractivity contribution in [2.45, 2.75) is 31.3 Å². The van der Waals surface area contributed by atoms with E-state index in [0.29, 0.717) is 36.8 Å². The Morgan fingerprint density at radius 2 is 1.78 bits per heavy atom. The third-order valence-corrected chi connectivity index (χ3v) is 7.42. The van der Waals surface area contributed by atoms with Gasteiger partial charge in [0.25, 0.3) is 5.91 Å². The molecule has 36 heavy (non-hydrogen) atoms. The molecule has 2 fully saturated rings. The summed E-state index contributed by atoms with van der Waals surface area (Å²) in [5.41, 5.74) is 0.412. The van der Waals surface area contributed by atoms with Crippen molar-refractivity contribution in [2.24, 2.45) is 0 Å². The molecule has 3 aromatic rings. The van der Waals surface area contributed by atoms with E-state index in [1.807, 2.05) is 60.7 Å². The molecule has 0 saturated carbocycles. The van der Waals surface area contributed by atoms with Gasteiger partial charge in [0.05, 0.1) is 6.04 Å². The molecule has 0 spiro atoms. The fourth-order valence-electron chi connectivity index (χ4n) is 5.44. The van der Waals surface area contributed by atoms with Crippen molar-refractivity contribution in [3.8, 4) is 11.5 Å². The molecule has 8 nitrogen and oxygen atoms in total. The Hall–Kier alpha value is -4.07. The maximum absolute atomic E-state index is 13.5. The first-order chi connectivity index (χ1) is 17.4. The number of amides is 4. The molecule has 3 aliphatic rings. The third kappa shape index (κ3) is 3.64. The van der Waals surface area contributed by atoms with Crippen molar-refractivity contribution in [1.29, 1.82) is 0 Å². The lowest BCUT2D eigenvalue weighted by Crippen LogP contribution is -2.44. The molecule has 0 aromatic heterocycles. The molecule has 0 bridgehead atoms. The quantitative estimate of drug-likeness (QED) is 0.569. The first-order valence-corrected chi connectivity index (χ1v) is 12.3. The molecule has 8 heteroatoms. The summed E-state index contributed by atoms with van der Waals surface area (Å²) in [5, 5.41) is 4.85. The second kappa shape index (κ2) is 8.55. The lowest BCUT2D eigenvalue weighted by molar-refractivity contribution is -0.139. The van der Waals surface area contributed by atoms with Crippen LogP contribution in [-0.2, 0) is 15.1 Å². The summed E-state index contributed by atoms with van der Waals surface area (Å²) < 4.78 is 11.3. The number of imide groups is 1. The fraction of sp³-hybridized carbons (Fsp3) is 0.321. The van der Waals surface area contributed by atoms with Gasteiger partial charge in [0.2, 0.25) is 5.91 Å². The highest BCUT2D eigenvalue weighted by Crippen LogP contribution is 2.38. The maximum atomic E-state index is 13.5. The van der Waals surface area contributed by atoms with Crippen molar-refractivity contribution < 1.29 is 23.9 Å². The summed E-state index contributed by atoms with van der Waals surface area (Å²) in [6, 6.07) is 18.6. The lowest BCUT2D eigenvalue weighted by atomic mass is 9.90. The van der Waals surface area contributed by atoms with Crippen molar-refractivity contribution in [3.05, 3.63) is 71.8 Å². The normalized spacial score (nSPS) is 23.3. The Balaban J connectivity index is 1.21. The number of fused-ring (bicyclic) bond motifs is 2. The zero-order valence-electron chi connectivity index (χ0n) is 20.0. The van der Waals surface area contributed by atoms with Gasteiger partial charge in [-0.2, -0.15) is 0 Å². The number of ether oxygens (including phenoxy) is 2. The van der Waals surface area contributed by atoms with E-state index in [4.69, 9.17) is 9.47 Å². The zero-order chi connectivity index (χ0) is 24.9. The lowest BCUT2D eigenvalue weighted by Gasteiger charge is -2.28. The Morgan fingerprint density at radius 1 is 1.00 bits per heavy atom. The number of nitrogens with one attached hydrogen (secondary N) is 1. The molecule has 0 unspecified atom stereocenters. The van der Waals surface area contributed by atoms with Crippen LogP contribution in [0.3, 0.4) is 0 Å². The summed E-state index contributed by atoms with van der Waals surface area (Å²) in [5.74, 6) is 0.705. The van der Waals surface area contributed by atoms with Gasteiger partial charge in [-0.25, -0.2) is 4.79 Å². The van der Waals surface area contributed by atoms with Gasteiger partial charge in [-0.15, -0.1) is 0 Å². The van der Waals surface area contributed by atoms with Crippen LogP contribution in [-0.4, -0.2) is 53.9 Å². The number of benzene rings is 3. The molecule has 3 aromatic carbocycles. The predicted octanol–water partition coefficient (Wildman–Crippen LogP) is 3.74. The van der Waals surface area contributed by atoms with Gasteiger partial charge >= 0.3 is 6.03 Å². The van der Waals surface area contributed by atoms with E-state index in [2.05, 4.69) is 5.32 Å². The first kappa shape index (κ1) is 22.4. The Bertz CT molecular complexity index is 1390. The van der Waals surface area contributed by atoms with E-state index < -0.39 is 17.5 Å². The molecule has 3 heterocycles. The molecular formula is C28H27N3O5. The molecule has 3 aliphatic heterocycles. The summed E-state index contributed by atoms with van der Waals surface area (Å²) >= 11 is 0. The highest BCUT2D eigenvalue weighted by atomic mass is 16.6. The Morgan fingerprint density at radius 3 is 2.61 bits per heavy atom. The fourth-order valence-corrected chi connectivity index (χ4v) is 5.44. The summed E-state index contributed by atoms with van der Waals surface area (Å²) in [4.78, 5) is 42.6. The molecule has 4 amide bonds. The van der Waals surface area contributed by atoms with Crippen LogP contribution in [0.25, 0.3) is 10.8 Å². The van der Waals surface area contributed by atoms with Gasteiger partial charge in [-0.3, -0.25) is 14.5 Å². The van der Waals surface area contributed by atoms with Gasteiger partial charge < -0.3 is 19.7 Å². The van der Waals surface area contributed by atoms with Crippen LogP contribution in [0.2, 0.25) is 0 Å². The molecule has 1 N–H and O–H groups in total. The van der Waals surface area contributed by atoms with Crippen LogP contribution in [0.15, 0.2) is 60.7 Å². The average Bonchev–Trinajstić information content (AvgIpc) is 3.48. The van der Waals surface area contributed by atoms with Crippen LogP contribution >= 0.6 is 0 Å². The second-order valence-electron chi connectivity index (χ2n) is 9.66. The summed E-state index contributed by atoms with van der Waals surface area (Å²) in [7, 11) is 0. The Kier molecular flexibility index (Phi) is 5.32. The number of hydrogen-bond donors (Lipinski definition) is 1. The van der Waals surface area contributed by atoms with Gasteiger partial charge in [0.1, 0.15) is 25.3 Å². The number of carbonyl (C=O) groups excluding carboxylic acids is 3. The van der Waals surface area contributed by atoms with Crippen LogP contribution in [0.4, 0.5) is 4.79 Å². The van der Waals surface area contributed by atoms with E-state index in [9.17, 15) is 14.4 Å². The standard InChI is InChI=1S/C28H27N3O5/c1-28(21-10-8-18-5-2-3-6-19(18)15-21)26(33)31(27(34)29-28)17-25(32)30-12-4-7-22(30)20-9-11-23-24(16-20)36-14-13-35-23/h2-3,5-6,8-11,15-16,22H,4,7,12-14,17H2,1H3,(H,29,34)/t22-,28+/m0/s1. The number of carbonyl (C=O) groups is 3. The minimum atomic E-state index is -1.23. The molecule has 184 valence electrons. The van der Waals surface area contributed by atoms with Crippen LogP contribution in [0.1, 0.15) is 36.9 Å². The van der Waals surface area contributed by atoms with E-state index in [0.717, 1.165) is 34.1 Å².